The van der Waals surface area contributed by atoms with Crippen LogP contribution >= 0.6 is 11.3 Å². The van der Waals surface area contributed by atoms with Crippen LogP contribution in [0, 0.1) is 11.3 Å². The van der Waals surface area contributed by atoms with Crippen molar-refractivity contribution >= 4 is 91.7 Å². The van der Waals surface area contributed by atoms with Gasteiger partial charge >= 0.3 is 0 Å². The van der Waals surface area contributed by atoms with Gasteiger partial charge in [0.2, 0.25) is 0 Å². The number of benzene rings is 13. The van der Waals surface area contributed by atoms with Gasteiger partial charge < -0.3 is 4.90 Å². The summed E-state index contributed by atoms with van der Waals surface area (Å²) in [7, 11) is 0. The van der Waals surface area contributed by atoms with Gasteiger partial charge in [-0.1, -0.05) is 202 Å². The van der Waals surface area contributed by atoms with Crippen molar-refractivity contribution in [1.82, 2.24) is 0 Å². The molecule has 0 radical (unpaired) electrons. The Kier molecular flexibility index (Phi) is 10.2. The predicted octanol–water partition coefficient (Wildman–Crippen LogP) is 21.0. The highest BCUT2D eigenvalue weighted by Crippen LogP contribution is 2.51. The summed E-state index contributed by atoms with van der Waals surface area (Å²) in [6, 6.07) is 96.0. The topological polar surface area (TPSA) is 27.0 Å². The van der Waals surface area contributed by atoms with Gasteiger partial charge in [0.15, 0.2) is 0 Å². The highest BCUT2D eigenvalue weighted by molar-refractivity contribution is 7.25. The second-order valence-electron chi connectivity index (χ2n) is 21.1. The van der Waals surface area contributed by atoms with Gasteiger partial charge in [-0.2, -0.15) is 5.26 Å². The summed E-state index contributed by atoms with van der Waals surface area (Å²) in [6.07, 6.45) is 0. The Morgan fingerprint density at radius 1 is 0.338 bits per heavy atom. The van der Waals surface area contributed by atoms with Crippen LogP contribution < -0.4 is 4.90 Å². The van der Waals surface area contributed by atoms with E-state index in [1.54, 1.807) is 0 Å². The van der Waals surface area contributed by atoms with E-state index in [1.807, 2.05) is 23.5 Å². The smallest absolute Gasteiger partial charge is 0.0991 e. The molecule has 0 aliphatic heterocycles. The Morgan fingerprint density at radius 2 is 0.792 bits per heavy atom. The van der Waals surface area contributed by atoms with Crippen molar-refractivity contribution in [3.8, 4) is 61.7 Å². The average Bonchev–Trinajstić information content (AvgIpc) is 3.99. The zero-order valence-electron chi connectivity index (χ0n) is 42.6. The molecule has 1 aliphatic carbocycles. The molecular weight excluding hydrogens is 949 g/mol. The lowest BCUT2D eigenvalue weighted by molar-refractivity contribution is 0.660. The van der Waals surface area contributed by atoms with Crippen molar-refractivity contribution in [2.24, 2.45) is 0 Å². The molecule has 2 nitrogen and oxygen atoms in total. The van der Waals surface area contributed by atoms with Crippen molar-refractivity contribution in [2.45, 2.75) is 19.3 Å². The van der Waals surface area contributed by atoms with Crippen molar-refractivity contribution < 1.29 is 0 Å². The molecule has 0 atom stereocenters. The first-order valence-corrected chi connectivity index (χ1v) is 27.3. The van der Waals surface area contributed by atoms with Gasteiger partial charge in [-0.15, -0.1) is 11.3 Å². The summed E-state index contributed by atoms with van der Waals surface area (Å²) < 4.78 is 2.46. The Hall–Kier alpha value is -9.59. The van der Waals surface area contributed by atoms with Crippen LogP contribution in [0.3, 0.4) is 0 Å². The van der Waals surface area contributed by atoms with Crippen molar-refractivity contribution in [1.29, 1.82) is 5.26 Å². The van der Waals surface area contributed by atoms with E-state index in [1.165, 1.54) is 130 Å². The van der Waals surface area contributed by atoms with Crippen molar-refractivity contribution in [2.75, 3.05) is 4.90 Å². The fourth-order valence-electron chi connectivity index (χ4n) is 12.7. The van der Waals surface area contributed by atoms with Gasteiger partial charge in [-0.3, -0.25) is 0 Å². The quantitative estimate of drug-likeness (QED) is 0.149. The molecule has 1 heterocycles. The van der Waals surface area contributed by atoms with E-state index in [0.29, 0.717) is 5.56 Å². The van der Waals surface area contributed by atoms with Crippen LogP contribution in [0.15, 0.2) is 255 Å². The molecule has 1 aliphatic rings. The number of hydrogen-bond donors (Lipinski definition) is 0. The summed E-state index contributed by atoms with van der Waals surface area (Å²) >= 11 is 1.84. The van der Waals surface area contributed by atoms with Crippen LogP contribution in [0.5, 0.6) is 0 Å². The molecule has 77 heavy (non-hydrogen) atoms. The van der Waals surface area contributed by atoms with Gasteiger partial charge in [0, 0.05) is 42.6 Å². The molecule has 0 fully saturated rings. The third-order valence-corrected chi connectivity index (χ3v) is 17.6. The largest absolute Gasteiger partial charge is 0.310 e. The van der Waals surface area contributed by atoms with Crippen LogP contribution in [-0.2, 0) is 5.41 Å². The average molecular weight is 997 g/mol. The first-order valence-electron chi connectivity index (χ1n) is 26.4. The minimum Gasteiger partial charge on any atom is -0.310 e. The van der Waals surface area contributed by atoms with E-state index >= 15 is 0 Å². The Bertz CT molecular complexity index is 4770. The van der Waals surface area contributed by atoms with Crippen LogP contribution in [0.1, 0.15) is 30.5 Å². The Morgan fingerprint density at radius 3 is 1.47 bits per heavy atom. The van der Waals surface area contributed by atoms with Crippen LogP contribution in [-0.4, -0.2) is 0 Å². The highest BCUT2D eigenvalue weighted by Gasteiger charge is 2.35. The normalized spacial score (nSPS) is 12.6. The third kappa shape index (κ3) is 7.14. The summed E-state index contributed by atoms with van der Waals surface area (Å²) in [5.41, 5.74) is 18.8. The van der Waals surface area contributed by atoms with E-state index < -0.39 is 0 Å². The molecule has 0 spiro atoms. The Labute approximate surface area is 451 Å². The summed E-state index contributed by atoms with van der Waals surface area (Å²) in [4.78, 5) is 2.31. The number of fused-ring (bicyclic) bond motifs is 10. The number of rotatable bonds is 7. The molecule has 0 bridgehead atoms. The standard InChI is InChI=1S/C74H48N2S/c1-74(2)68-24-10-9-19-58(68)59-37-29-51(42-69(59)74)47-27-34-54(35-28-47)76(53-32-25-46(45-75)26-33-53)55-36-40-61-60-38-30-52(43-70(60)77-71(61)44-55)50-31-39-66-67(41-50)73(63-23-12-16-49-14-4-6-18-57(49)63)65-21-8-7-20-64(65)72(66)62-22-11-15-48-13-3-5-17-56(48)62/h3-44H,1-2H3. The van der Waals surface area contributed by atoms with E-state index in [9.17, 15) is 5.26 Å². The molecule has 0 saturated carbocycles. The SMILES string of the molecule is CC1(C)c2ccccc2-c2ccc(-c3ccc(N(c4ccc(C#N)cc4)c4ccc5c(c4)sc4cc(-c6ccc7c(-c8cccc9ccccc89)c8ccccc8c(-c8cccc9ccccc89)c7c6)ccc45)cc3)cc21. The van der Waals surface area contributed by atoms with Gasteiger partial charge in [-0.05, 0) is 177 Å². The first-order chi connectivity index (χ1) is 37.9. The van der Waals surface area contributed by atoms with Crippen LogP contribution in [0.4, 0.5) is 17.1 Å². The van der Waals surface area contributed by atoms with Crippen molar-refractivity contribution in [3.05, 3.63) is 271 Å². The molecule has 0 N–H and O–H groups in total. The monoisotopic (exact) mass is 996 g/mol. The summed E-state index contributed by atoms with van der Waals surface area (Å²) in [5.74, 6) is 0. The van der Waals surface area contributed by atoms with E-state index in [4.69, 9.17) is 0 Å². The number of thiophene rings is 1. The second kappa shape index (κ2) is 17.5. The summed E-state index contributed by atoms with van der Waals surface area (Å²) in [6.45, 7) is 4.67. The van der Waals surface area contributed by atoms with Gasteiger partial charge in [0.1, 0.15) is 0 Å². The molecule has 1 aromatic heterocycles. The third-order valence-electron chi connectivity index (χ3n) is 16.5. The molecule has 15 rings (SSSR count). The number of anilines is 3. The Balaban J connectivity index is 0.848. The molecule has 13 aromatic carbocycles. The number of nitriles is 1. The van der Waals surface area contributed by atoms with E-state index in [0.717, 1.165) is 17.1 Å². The molecular formula is C74H48N2S. The summed E-state index contributed by atoms with van der Waals surface area (Å²) in [5, 5.41) is 22.2. The van der Waals surface area contributed by atoms with E-state index in [-0.39, 0.29) is 5.41 Å². The minimum absolute atomic E-state index is 0.0700. The lowest BCUT2D eigenvalue weighted by atomic mass is 9.81. The minimum atomic E-state index is -0.0700. The zero-order chi connectivity index (χ0) is 51.4. The molecule has 360 valence electrons. The van der Waals surface area contributed by atoms with Crippen molar-refractivity contribution in [3.63, 3.8) is 0 Å². The second-order valence-corrected chi connectivity index (χ2v) is 22.2. The molecule has 0 amide bonds. The fraction of sp³-hybridized carbons (Fsp3) is 0.0405. The maximum Gasteiger partial charge on any atom is 0.0991 e. The zero-order valence-corrected chi connectivity index (χ0v) is 43.4. The maximum absolute atomic E-state index is 9.76. The first kappa shape index (κ1) is 44.9. The van der Waals surface area contributed by atoms with Gasteiger partial charge in [-0.25, -0.2) is 0 Å². The molecule has 0 unspecified atom stereocenters. The predicted molar refractivity (Wildman–Crippen MR) is 328 cm³/mol. The lowest BCUT2D eigenvalue weighted by Crippen LogP contribution is -2.14. The molecule has 14 aromatic rings. The lowest BCUT2D eigenvalue weighted by Gasteiger charge is -2.26. The molecule has 3 heteroatoms. The number of hydrogen-bond acceptors (Lipinski definition) is 3. The number of nitrogens with zero attached hydrogens (tertiary/aromatic N) is 2. The van der Waals surface area contributed by atoms with Crippen LogP contribution in [0.2, 0.25) is 0 Å². The fourth-order valence-corrected chi connectivity index (χ4v) is 13.9. The maximum atomic E-state index is 9.76. The van der Waals surface area contributed by atoms with Gasteiger partial charge in [0.05, 0.1) is 11.6 Å². The highest BCUT2D eigenvalue weighted by atomic mass is 32.1. The van der Waals surface area contributed by atoms with Gasteiger partial charge in [0.25, 0.3) is 0 Å². The van der Waals surface area contributed by atoms with E-state index in [2.05, 4.69) is 267 Å². The van der Waals surface area contributed by atoms with Crippen LogP contribution in [0.25, 0.3) is 119 Å². The molecule has 0 saturated heterocycles.